The van der Waals surface area contributed by atoms with Gasteiger partial charge in [0.25, 0.3) is 0 Å². The van der Waals surface area contributed by atoms with Crippen LogP contribution in [0.2, 0.25) is 10.0 Å². The SMILES string of the molecule is COc1cccc(P(=O)(O)C#Cc2cc(Cl)c(CN[C@@H](Cc3cccc(S(C)(=O)=O)c3)C(=O)O)c(Cl)c2)c1. The van der Waals surface area contributed by atoms with Gasteiger partial charge in [-0.1, -0.05) is 47.3 Å². The summed E-state index contributed by atoms with van der Waals surface area (Å²) in [5.41, 5.74) is 3.62. The van der Waals surface area contributed by atoms with E-state index in [0.29, 0.717) is 22.4 Å². The van der Waals surface area contributed by atoms with E-state index in [1.54, 1.807) is 24.3 Å². The van der Waals surface area contributed by atoms with Gasteiger partial charge in [-0.3, -0.25) is 14.7 Å². The van der Waals surface area contributed by atoms with Crippen molar-refractivity contribution in [2.24, 2.45) is 0 Å². The molecule has 1 unspecified atom stereocenters. The summed E-state index contributed by atoms with van der Waals surface area (Å²) in [6.07, 6.45) is 1.10. The molecule has 8 nitrogen and oxygen atoms in total. The number of ether oxygens (including phenoxy) is 1. The molecular formula is C26H24Cl2NO7PS. The summed E-state index contributed by atoms with van der Waals surface area (Å²) in [6.45, 7) is -0.00356. The Hall–Kier alpha value is -2.83. The summed E-state index contributed by atoms with van der Waals surface area (Å²) in [6, 6.07) is 14.1. The number of hydrogen-bond donors (Lipinski definition) is 3. The third-order valence-corrected chi connectivity index (χ3v) is 8.66. The van der Waals surface area contributed by atoms with Crippen molar-refractivity contribution in [2.75, 3.05) is 13.4 Å². The molecule has 0 aliphatic rings. The van der Waals surface area contributed by atoms with Crippen molar-refractivity contribution in [1.29, 1.82) is 0 Å². The highest BCUT2D eigenvalue weighted by atomic mass is 35.5. The molecule has 0 saturated carbocycles. The number of benzene rings is 3. The maximum atomic E-state index is 12.7. The lowest BCUT2D eigenvalue weighted by Crippen LogP contribution is -2.38. The largest absolute Gasteiger partial charge is 0.497 e. The van der Waals surface area contributed by atoms with Crippen LogP contribution in [0.5, 0.6) is 5.75 Å². The second-order valence-corrected chi connectivity index (χ2v) is 13.1. The minimum Gasteiger partial charge on any atom is -0.497 e. The normalized spacial score (nSPS) is 13.6. The molecule has 0 fully saturated rings. The Kier molecular flexibility index (Phi) is 9.66. The Morgan fingerprint density at radius 1 is 1.11 bits per heavy atom. The molecule has 0 spiro atoms. The molecule has 0 bridgehead atoms. The number of carboxylic acids is 1. The number of rotatable bonds is 9. The molecule has 0 aromatic heterocycles. The molecule has 3 rings (SSSR count). The monoisotopic (exact) mass is 595 g/mol. The first-order valence-electron chi connectivity index (χ1n) is 11.0. The minimum atomic E-state index is -4.02. The van der Waals surface area contributed by atoms with Crippen LogP contribution in [0.25, 0.3) is 0 Å². The molecule has 38 heavy (non-hydrogen) atoms. The lowest BCUT2D eigenvalue weighted by molar-refractivity contribution is -0.139. The van der Waals surface area contributed by atoms with E-state index >= 15 is 0 Å². The molecule has 0 saturated heterocycles. The van der Waals surface area contributed by atoms with Gasteiger partial charge in [-0.15, -0.1) is 0 Å². The first-order valence-corrected chi connectivity index (χ1v) is 15.3. The number of carbonyl (C=O) groups is 1. The van der Waals surface area contributed by atoms with E-state index < -0.39 is 29.2 Å². The van der Waals surface area contributed by atoms with Crippen LogP contribution in [0.4, 0.5) is 0 Å². The van der Waals surface area contributed by atoms with Gasteiger partial charge in [-0.05, 0) is 60.1 Å². The number of aliphatic carboxylic acids is 1. The van der Waals surface area contributed by atoms with E-state index in [0.717, 1.165) is 6.26 Å². The maximum Gasteiger partial charge on any atom is 0.321 e. The first kappa shape index (κ1) is 29.7. The maximum absolute atomic E-state index is 12.7. The van der Waals surface area contributed by atoms with Crippen LogP contribution in [0, 0.1) is 11.6 Å². The van der Waals surface area contributed by atoms with Crippen molar-refractivity contribution in [1.82, 2.24) is 5.32 Å². The summed E-state index contributed by atoms with van der Waals surface area (Å²) in [5.74, 6) is 1.91. The van der Waals surface area contributed by atoms with Crippen molar-refractivity contribution in [2.45, 2.75) is 23.9 Å². The second-order valence-electron chi connectivity index (χ2n) is 8.33. The Balaban J connectivity index is 1.77. The quantitative estimate of drug-likeness (QED) is 0.249. The Morgan fingerprint density at radius 3 is 2.37 bits per heavy atom. The lowest BCUT2D eigenvalue weighted by atomic mass is 10.1. The Labute approximate surface area is 230 Å². The lowest BCUT2D eigenvalue weighted by Gasteiger charge is -2.16. The van der Waals surface area contributed by atoms with Gasteiger partial charge in [0.05, 0.1) is 17.3 Å². The molecule has 0 amide bonds. The standard InChI is InChI=1S/C26H24Cl2NO7PS/c1-36-19-6-4-7-20(15-19)37(32,33)10-9-18-12-23(27)22(24(28)13-18)16-29-25(26(30)31)14-17-5-3-8-21(11-17)38(2,34)35/h3-8,11-13,15,25,29H,14,16H2,1-2H3,(H,30,31)(H,32,33)/t25-/m0/s1. The molecule has 0 aliphatic heterocycles. The average molecular weight is 596 g/mol. The summed E-state index contributed by atoms with van der Waals surface area (Å²) in [4.78, 5) is 22.3. The van der Waals surface area contributed by atoms with Gasteiger partial charge in [0, 0.05) is 34.0 Å². The van der Waals surface area contributed by atoms with Gasteiger partial charge in [0.1, 0.15) is 11.8 Å². The second kappa shape index (κ2) is 12.4. The number of sulfone groups is 1. The van der Waals surface area contributed by atoms with Crippen molar-refractivity contribution in [3.05, 3.63) is 87.4 Å². The summed E-state index contributed by atoms with van der Waals surface area (Å²) in [5, 5.41) is 13.0. The molecule has 2 atom stereocenters. The molecule has 3 aromatic carbocycles. The molecule has 0 heterocycles. The number of methoxy groups -OCH3 is 1. The van der Waals surface area contributed by atoms with Crippen LogP contribution >= 0.6 is 30.6 Å². The highest BCUT2D eigenvalue weighted by molar-refractivity contribution is 7.90. The molecule has 3 aromatic rings. The topological polar surface area (TPSA) is 130 Å². The number of hydrogen-bond acceptors (Lipinski definition) is 6. The molecule has 0 aliphatic carbocycles. The van der Waals surface area contributed by atoms with Gasteiger partial charge in [0.2, 0.25) is 0 Å². The zero-order valence-corrected chi connectivity index (χ0v) is 23.5. The highest BCUT2D eigenvalue weighted by Gasteiger charge is 2.21. The number of halogens is 2. The molecule has 3 N–H and O–H groups in total. The third kappa shape index (κ3) is 7.84. The summed E-state index contributed by atoms with van der Waals surface area (Å²) < 4.78 is 41.4. The van der Waals surface area contributed by atoms with Gasteiger partial charge in [0.15, 0.2) is 9.84 Å². The first-order chi connectivity index (χ1) is 17.8. The van der Waals surface area contributed by atoms with E-state index in [-0.39, 0.29) is 33.2 Å². The number of nitrogens with one attached hydrogen (secondary N) is 1. The highest BCUT2D eigenvalue weighted by Crippen LogP contribution is 2.39. The summed E-state index contributed by atoms with van der Waals surface area (Å²) >= 11 is 12.8. The van der Waals surface area contributed by atoms with Gasteiger partial charge >= 0.3 is 13.3 Å². The van der Waals surface area contributed by atoms with E-state index in [9.17, 15) is 27.8 Å². The van der Waals surface area contributed by atoms with E-state index in [2.05, 4.69) is 16.9 Å². The van der Waals surface area contributed by atoms with Gasteiger partial charge in [-0.25, -0.2) is 8.42 Å². The predicted molar refractivity (Wildman–Crippen MR) is 147 cm³/mol. The average Bonchev–Trinajstić information content (AvgIpc) is 2.86. The minimum absolute atomic E-state index is 0.00356. The smallest absolute Gasteiger partial charge is 0.321 e. The van der Waals surface area contributed by atoms with E-state index in [1.807, 2.05) is 0 Å². The summed E-state index contributed by atoms with van der Waals surface area (Å²) in [7, 11) is -6.01. The van der Waals surface area contributed by atoms with E-state index in [1.165, 1.54) is 43.5 Å². The fourth-order valence-corrected chi connectivity index (χ4v) is 5.77. The van der Waals surface area contributed by atoms with Crippen LogP contribution in [0.1, 0.15) is 16.7 Å². The van der Waals surface area contributed by atoms with Crippen molar-refractivity contribution in [3.63, 3.8) is 0 Å². The zero-order chi connectivity index (χ0) is 28.1. The van der Waals surface area contributed by atoms with Crippen LogP contribution in [-0.4, -0.2) is 43.8 Å². The zero-order valence-electron chi connectivity index (χ0n) is 20.3. The van der Waals surface area contributed by atoms with Crippen molar-refractivity contribution < 1.29 is 32.5 Å². The van der Waals surface area contributed by atoms with Crippen LogP contribution in [-0.2, 0) is 32.2 Å². The van der Waals surface area contributed by atoms with Crippen LogP contribution < -0.4 is 15.4 Å². The van der Waals surface area contributed by atoms with Crippen molar-refractivity contribution >= 4 is 51.7 Å². The fourth-order valence-electron chi connectivity index (χ4n) is 3.46. The van der Waals surface area contributed by atoms with Crippen LogP contribution in [0.3, 0.4) is 0 Å². The van der Waals surface area contributed by atoms with Gasteiger partial charge < -0.3 is 14.7 Å². The molecular weight excluding hydrogens is 572 g/mol. The van der Waals surface area contributed by atoms with E-state index in [4.69, 9.17) is 27.9 Å². The third-order valence-electron chi connectivity index (χ3n) is 5.49. The van der Waals surface area contributed by atoms with Crippen LogP contribution in [0.15, 0.2) is 65.6 Å². The Morgan fingerprint density at radius 2 is 1.76 bits per heavy atom. The van der Waals surface area contributed by atoms with Gasteiger partial charge in [-0.2, -0.15) is 0 Å². The molecule has 0 radical (unpaired) electrons. The molecule has 200 valence electrons. The van der Waals surface area contributed by atoms with Crippen molar-refractivity contribution in [3.8, 4) is 17.3 Å². The Bertz CT molecular complexity index is 1560. The fraction of sp³-hybridized carbons (Fsp3) is 0.192. The molecule has 12 heteroatoms. The number of carboxylic acid groups (broad SMARTS) is 1. The predicted octanol–water partition coefficient (Wildman–Crippen LogP) is 4.10.